The molecule has 214 valence electrons. The Hall–Kier alpha value is -3.65. The number of hydrogen-bond donors (Lipinski definition) is 2. The van der Waals surface area contributed by atoms with Gasteiger partial charge in [-0.1, -0.05) is 12.1 Å². The number of carbonyl (C=O) groups is 2. The number of thiazole rings is 1. The third-order valence-corrected chi connectivity index (χ3v) is 7.65. The van der Waals surface area contributed by atoms with Crippen LogP contribution in [0.2, 0.25) is 0 Å². The first-order chi connectivity index (χ1) is 19.2. The molecule has 2 unspecified atom stereocenters. The largest absolute Gasteiger partial charge is 0.466 e. The summed E-state index contributed by atoms with van der Waals surface area (Å²) in [5, 5.41) is 17.6. The predicted molar refractivity (Wildman–Crippen MR) is 147 cm³/mol. The van der Waals surface area contributed by atoms with Crippen molar-refractivity contribution in [2.75, 3.05) is 40.0 Å². The number of nitro groups is 1. The summed E-state index contributed by atoms with van der Waals surface area (Å²) in [5.74, 6) is -2.31. The van der Waals surface area contributed by atoms with Crippen LogP contribution in [0.3, 0.4) is 0 Å². The van der Waals surface area contributed by atoms with Crippen LogP contribution in [0.4, 0.5) is 5.69 Å². The Morgan fingerprint density at radius 2 is 2.12 bits per heavy atom. The van der Waals surface area contributed by atoms with E-state index in [1.165, 1.54) is 25.3 Å². The third kappa shape index (κ3) is 6.55. The van der Waals surface area contributed by atoms with Crippen molar-refractivity contribution >= 4 is 29.0 Å². The molecule has 1 aromatic heterocycles. The van der Waals surface area contributed by atoms with Crippen LogP contribution in [0, 0.1) is 10.1 Å². The Kier molecular flexibility index (Phi) is 9.30. The van der Waals surface area contributed by atoms with E-state index in [0.717, 1.165) is 5.01 Å². The number of nitrogens with one attached hydrogen (secondary N) is 1. The molecule has 12 nitrogen and oxygen atoms in total. The van der Waals surface area contributed by atoms with E-state index >= 15 is 0 Å². The average molecular weight is 572 g/mol. The van der Waals surface area contributed by atoms with Crippen LogP contribution >= 0.6 is 11.3 Å². The maximum absolute atomic E-state index is 14.1. The van der Waals surface area contributed by atoms with Crippen LogP contribution in [-0.2, 0) is 30.3 Å². The Morgan fingerprint density at radius 1 is 1.32 bits per heavy atom. The van der Waals surface area contributed by atoms with Gasteiger partial charge in [0, 0.05) is 55.5 Å². The molecule has 0 bridgehead atoms. The molecule has 13 heteroatoms. The highest BCUT2D eigenvalue weighted by Crippen LogP contribution is 2.41. The van der Waals surface area contributed by atoms with Crippen molar-refractivity contribution in [3.05, 3.63) is 79.1 Å². The lowest BCUT2D eigenvalue weighted by atomic mass is 9.80. The molecule has 1 aromatic carbocycles. The third-order valence-electron chi connectivity index (χ3n) is 6.89. The highest BCUT2D eigenvalue weighted by Gasteiger charge is 2.43. The van der Waals surface area contributed by atoms with Gasteiger partial charge in [0.25, 0.3) is 5.69 Å². The molecular formula is C27H33N5O7S. The van der Waals surface area contributed by atoms with Crippen molar-refractivity contribution in [1.29, 1.82) is 0 Å². The first kappa shape index (κ1) is 29.3. The van der Waals surface area contributed by atoms with Crippen molar-refractivity contribution in [2.45, 2.75) is 38.3 Å². The number of benzene rings is 1. The summed E-state index contributed by atoms with van der Waals surface area (Å²) < 4.78 is 16.9. The highest BCUT2D eigenvalue weighted by atomic mass is 32.1. The molecular weight excluding hydrogens is 538 g/mol. The number of nitro benzene ring substituents is 1. The van der Waals surface area contributed by atoms with Crippen molar-refractivity contribution in [3.63, 3.8) is 0 Å². The SMILES string of the molecule is COC(=O)C1=C(C)NC(COCCN)=C(C(=O)OC2(C)CCN(Cc3nccs3)C2)C1c1cccc([N+](=O)[O-])c1. The minimum atomic E-state index is -0.992. The number of carbonyl (C=O) groups excluding carboxylic acids is 2. The van der Waals surface area contributed by atoms with E-state index in [2.05, 4.69) is 15.2 Å². The van der Waals surface area contributed by atoms with Crippen LogP contribution in [0.15, 0.2) is 58.4 Å². The second-order valence-corrected chi connectivity index (χ2v) is 10.9. The molecule has 1 fully saturated rings. The smallest absolute Gasteiger partial charge is 0.337 e. The first-order valence-corrected chi connectivity index (χ1v) is 13.7. The molecule has 2 atom stereocenters. The molecule has 40 heavy (non-hydrogen) atoms. The maximum atomic E-state index is 14.1. The summed E-state index contributed by atoms with van der Waals surface area (Å²) in [4.78, 5) is 44.7. The van der Waals surface area contributed by atoms with Gasteiger partial charge in [0.05, 0.1) is 54.6 Å². The van der Waals surface area contributed by atoms with Crippen molar-refractivity contribution in [3.8, 4) is 0 Å². The number of likely N-dealkylation sites (tertiary alicyclic amines) is 1. The molecule has 3 N–H and O–H groups in total. The summed E-state index contributed by atoms with van der Waals surface area (Å²) in [5.41, 5.74) is 6.10. The number of methoxy groups -OCH3 is 1. The fraction of sp³-hybridized carbons (Fsp3) is 0.444. The molecule has 0 saturated carbocycles. The van der Waals surface area contributed by atoms with Crippen LogP contribution in [0.25, 0.3) is 0 Å². The second-order valence-electron chi connectivity index (χ2n) is 9.90. The lowest BCUT2D eigenvalue weighted by molar-refractivity contribution is -0.384. The minimum Gasteiger partial charge on any atom is -0.466 e. The maximum Gasteiger partial charge on any atom is 0.337 e. The second kappa shape index (κ2) is 12.7. The Bertz CT molecular complexity index is 1330. The van der Waals surface area contributed by atoms with Gasteiger partial charge in [0.1, 0.15) is 10.6 Å². The number of nitrogens with two attached hydrogens (primary N) is 1. The number of ether oxygens (including phenoxy) is 3. The van der Waals surface area contributed by atoms with Crippen molar-refractivity contribution in [1.82, 2.24) is 15.2 Å². The van der Waals surface area contributed by atoms with E-state index < -0.39 is 28.4 Å². The van der Waals surface area contributed by atoms with Gasteiger partial charge in [-0.25, -0.2) is 14.6 Å². The van der Waals surface area contributed by atoms with E-state index in [-0.39, 0.29) is 36.6 Å². The normalized spacial score (nSPS) is 21.4. The number of esters is 2. The number of allylic oxidation sites excluding steroid dienone is 1. The fourth-order valence-electron chi connectivity index (χ4n) is 5.09. The number of aromatic nitrogens is 1. The summed E-state index contributed by atoms with van der Waals surface area (Å²) in [7, 11) is 1.24. The lowest BCUT2D eigenvalue weighted by Crippen LogP contribution is -2.40. The van der Waals surface area contributed by atoms with Gasteiger partial charge in [-0.3, -0.25) is 15.0 Å². The molecule has 2 aliphatic rings. The molecule has 4 rings (SSSR count). The minimum absolute atomic E-state index is 0.00820. The van der Waals surface area contributed by atoms with Gasteiger partial charge in [0.15, 0.2) is 0 Å². The quantitative estimate of drug-likeness (QED) is 0.177. The van der Waals surface area contributed by atoms with E-state index in [1.54, 1.807) is 30.5 Å². The van der Waals surface area contributed by atoms with Gasteiger partial charge >= 0.3 is 11.9 Å². The van der Waals surface area contributed by atoms with Crippen LogP contribution in [0.5, 0.6) is 0 Å². The summed E-state index contributed by atoms with van der Waals surface area (Å²) in [6, 6.07) is 5.85. The molecule has 0 spiro atoms. The van der Waals surface area contributed by atoms with Gasteiger partial charge < -0.3 is 25.3 Å². The number of nitrogens with zero attached hydrogens (tertiary/aromatic N) is 3. The summed E-state index contributed by atoms with van der Waals surface area (Å²) >= 11 is 1.57. The fourth-order valence-corrected chi connectivity index (χ4v) is 5.74. The van der Waals surface area contributed by atoms with Crippen LogP contribution < -0.4 is 11.1 Å². The zero-order chi connectivity index (χ0) is 28.9. The Morgan fingerprint density at radius 3 is 2.80 bits per heavy atom. The standard InChI is InChI=1S/C27H33N5O7S/c1-17-22(25(33)37-3)23(18-5-4-6-19(13-18)32(35)36)24(20(30-17)15-38-11-8-28)26(34)39-27(2)7-10-31(16-27)14-21-29-9-12-40-21/h4-6,9,12-13,23,30H,7-8,10-11,14-16,28H2,1-3H3. The van der Waals surface area contributed by atoms with Crippen molar-refractivity contribution in [2.24, 2.45) is 5.73 Å². The highest BCUT2D eigenvalue weighted by molar-refractivity contribution is 7.09. The number of non-ortho nitro benzene ring substituents is 1. The first-order valence-electron chi connectivity index (χ1n) is 12.8. The lowest BCUT2D eigenvalue weighted by Gasteiger charge is -2.33. The molecule has 0 aliphatic carbocycles. The van der Waals surface area contributed by atoms with E-state index in [1.807, 2.05) is 12.3 Å². The van der Waals surface area contributed by atoms with Crippen LogP contribution in [0.1, 0.15) is 36.8 Å². The number of hydrogen-bond acceptors (Lipinski definition) is 12. The molecule has 2 aromatic rings. The molecule has 1 saturated heterocycles. The summed E-state index contributed by atoms with van der Waals surface area (Å²) in [6.07, 6.45) is 2.36. The Balaban J connectivity index is 1.72. The topological polar surface area (TPSA) is 159 Å². The molecule has 0 amide bonds. The molecule has 3 heterocycles. The summed E-state index contributed by atoms with van der Waals surface area (Å²) in [6.45, 7) is 5.92. The molecule has 0 radical (unpaired) electrons. The Labute approximate surface area is 235 Å². The van der Waals surface area contributed by atoms with Gasteiger partial charge in [-0.15, -0.1) is 11.3 Å². The van der Waals surface area contributed by atoms with Gasteiger partial charge in [-0.2, -0.15) is 0 Å². The monoisotopic (exact) mass is 571 g/mol. The van der Waals surface area contributed by atoms with E-state index in [4.69, 9.17) is 19.9 Å². The van der Waals surface area contributed by atoms with E-state index in [9.17, 15) is 19.7 Å². The van der Waals surface area contributed by atoms with Gasteiger partial charge in [0.2, 0.25) is 0 Å². The zero-order valence-electron chi connectivity index (χ0n) is 22.7. The number of dihydropyridines is 1. The van der Waals surface area contributed by atoms with Gasteiger partial charge in [-0.05, 0) is 19.4 Å². The van der Waals surface area contributed by atoms with Crippen LogP contribution in [-0.4, -0.2) is 72.3 Å². The molecule has 2 aliphatic heterocycles. The van der Waals surface area contributed by atoms with Crippen molar-refractivity contribution < 1.29 is 28.7 Å². The zero-order valence-corrected chi connectivity index (χ0v) is 23.5. The predicted octanol–water partition coefficient (Wildman–Crippen LogP) is 2.62. The number of rotatable bonds is 11. The average Bonchev–Trinajstić information content (AvgIpc) is 3.57. The van der Waals surface area contributed by atoms with E-state index in [0.29, 0.717) is 43.0 Å².